The van der Waals surface area contributed by atoms with Crippen LogP contribution in [0.25, 0.3) is 0 Å². The van der Waals surface area contributed by atoms with Crippen LogP contribution in [-0.4, -0.2) is 232 Å². The largest absolute Gasteiger partial charge is 0.479 e. The van der Waals surface area contributed by atoms with Gasteiger partial charge in [-0.25, -0.2) is 4.79 Å². The van der Waals surface area contributed by atoms with Crippen LogP contribution in [0.15, 0.2) is 11.6 Å². The van der Waals surface area contributed by atoms with Crippen LogP contribution in [0.4, 0.5) is 0 Å². The molecule has 0 amide bonds. The molecule has 9 aliphatic rings. The highest BCUT2D eigenvalue weighted by Crippen LogP contribution is 2.76. The topological polar surface area (TPSA) is 374 Å². The molecule has 5 aliphatic carbocycles. The van der Waals surface area contributed by atoms with Crippen molar-refractivity contribution in [2.24, 2.45) is 50.2 Å². The van der Waals surface area contributed by atoms with E-state index in [1.54, 1.807) is 0 Å². The Morgan fingerprint density at radius 2 is 1.13 bits per heavy atom. The fourth-order valence-corrected chi connectivity index (χ4v) is 16.8. The molecule has 77 heavy (non-hydrogen) atoms. The number of hydrogen-bond donors (Lipinski definition) is 14. The number of allylic oxidation sites excluding steroid dienone is 2. The van der Waals surface area contributed by atoms with E-state index >= 15 is 0 Å². The molecule has 0 aromatic carbocycles. The zero-order chi connectivity index (χ0) is 56.6. The Hall–Kier alpha value is -1.63. The van der Waals surface area contributed by atoms with Crippen molar-refractivity contribution in [1.82, 2.24) is 0 Å². The van der Waals surface area contributed by atoms with Gasteiger partial charge in [-0.1, -0.05) is 60.1 Å². The van der Waals surface area contributed by atoms with Gasteiger partial charge in [-0.15, -0.1) is 0 Å². The van der Waals surface area contributed by atoms with Crippen LogP contribution < -0.4 is 0 Å². The third kappa shape index (κ3) is 9.51. The Morgan fingerprint density at radius 3 is 1.70 bits per heavy atom. The van der Waals surface area contributed by atoms with Gasteiger partial charge in [0.05, 0.1) is 49.1 Å². The number of aliphatic hydroxyl groups excluding tert-OH is 13. The standard InChI is InChI=1S/C54H88O23/c1-21-31(58)33(60)36(63)45(70-21)75-41-25(19-55)72-47(38(65)35(41)62)74-30-18-49(3,4)16-24-23-10-11-27-51(7)14-13-29(50(5,6)26(51)12-15-52(27,8)53(23,9)17-28(57)54(24,30)20-56)73-48-40(67)42(39(66)43(77-48)44(68)69)76-46-37(64)34(61)32(59)22(2)71-46/h10,21-22,24-43,45-48,55-67H,11-20H2,1-9H3,(H,68,69)/t21-,22-,24-,25+,26-,27+,28-,29-,30-,31-,32-,33+,34+,35+,36+,37+,38+,39-,40+,41+,42-,43-,45-,46-,47-,48?,51-,52+,53+,54-/m0/s1. The Kier molecular flexibility index (Phi) is 16.5. The number of aliphatic hydroxyl groups is 13. The van der Waals surface area contributed by atoms with E-state index in [1.165, 1.54) is 13.8 Å². The van der Waals surface area contributed by atoms with Gasteiger partial charge in [0, 0.05) is 0 Å². The summed E-state index contributed by atoms with van der Waals surface area (Å²) in [6.07, 6.45) is -27.7. The summed E-state index contributed by atoms with van der Waals surface area (Å²) >= 11 is 0. The van der Waals surface area contributed by atoms with E-state index in [0.717, 1.165) is 18.4 Å². The van der Waals surface area contributed by atoms with Crippen molar-refractivity contribution in [2.45, 2.75) is 255 Å². The van der Waals surface area contributed by atoms with Crippen LogP contribution in [-0.2, 0) is 42.7 Å². The fraction of sp³-hybridized carbons (Fsp3) is 0.944. The van der Waals surface area contributed by atoms with Crippen molar-refractivity contribution in [3.8, 4) is 0 Å². The predicted octanol–water partition coefficient (Wildman–Crippen LogP) is -1.47. The van der Waals surface area contributed by atoms with Gasteiger partial charge in [0.2, 0.25) is 0 Å². The maximum Gasteiger partial charge on any atom is 0.335 e. The lowest BCUT2D eigenvalue weighted by atomic mass is 9.33. The average molecular weight is 1110 g/mol. The van der Waals surface area contributed by atoms with Gasteiger partial charge in [-0.2, -0.15) is 0 Å². The maximum absolute atomic E-state index is 12.9. The molecule has 0 aromatic rings. The van der Waals surface area contributed by atoms with Gasteiger partial charge in [0.1, 0.15) is 79.4 Å². The summed E-state index contributed by atoms with van der Waals surface area (Å²) < 4.78 is 48.1. The van der Waals surface area contributed by atoms with Crippen molar-refractivity contribution >= 4 is 5.97 Å². The first-order chi connectivity index (χ1) is 35.8. The molecule has 1 unspecified atom stereocenters. The van der Waals surface area contributed by atoms with Gasteiger partial charge < -0.3 is 109 Å². The SMILES string of the molecule is C[C@@H]1O[C@@H](O[C@H]2[C@H](O)[C@@H](O)[C@H](O[C@H]3CC(C)(C)C[C@H]4C5=CC[C@@H]6[C@@]7(C)CC[C@H](OC8O[C@H](C(=O)O)[C@@H](O)[C@H](O[C@@H]9O[C@@H](C)[C@H](O)[C@@H](O)[C@H]9O)[C@H]8O)C(C)(C)[C@@H]7CC[C@@]6(C)[C@]5(C)C[C@H](O)[C@@]34CO)O[C@@H]2CO)[C@H](O)[C@H](O)[C@H]1O. The Labute approximate surface area is 449 Å². The first-order valence-electron chi connectivity index (χ1n) is 27.7. The summed E-state index contributed by atoms with van der Waals surface area (Å²) in [6.45, 7) is 16.9. The van der Waals surface area contributed by atoms with Gasteiger partial charge >= 0.3 is 5.97 Å². The number of carboxylic acid groups (broad SMARTS) is 1. The maximum atomic E-state index is 12.9. The number of rotatable bonds is 11. The van der Waals surface area contributed by atoms with Crippen LogP contribution in [0.3, 0.4) is 0 Å². The normalized spacial score (nSPS) is 55.4. The molecule has 23 heteroatoms. The van der Waals surface area contributed by atoms with Crippen LogP contribution >= 0.6 is 0 Å². The summed E-state index contributed by atoms with van der Waals surface area (Å²) in [6, 6.07) is 0. The molecule has 8 fully saturated rings. The summed E-state index contributed by atoms with van der Waals surface area (Å²) in [5, 5.41) is 154. The van der Waals surface area contributed by atoms with Gasteiger partial charge in [0.15, 0.2) is 31.3 Å². The number of carboxylic acids is 1. The van der Waals surface area contributed by atoms with E-state index in [1.807, 2.05) is 0 Å². The lowest BCUT2D eigenvalue weighted by Crippen LogP contribution is -2.70. The monoisotopic (exact) mass is 1100 g/mol. The van der Waals surface area contributed by atoms with Crippen LogP contribution in [0.2, 0.25) is 0 Å². The molecule has 9 rings (SSSR count). The van der Waals surface area contributed by atoms with Crippen molar-refractivity contribution in [2.75, 3.05) is 13.2 Å². The van der Waals surface area contributed by atoms with Crippen molar-refractivity contribution in [3.63, 3.8) is 0 Å². The molecule has 442 valence electrons. The minimum atomic E-state index is -1.94. The quantitative estimate of drug-likeness (QED) is 0.0829. The Morgan fingerprint density at radius 1 is 0.584 bits per heavy atom. The molecule has 14 N–H and O–H groups in total. The first kappa shape index (κ1) is 60.0. The summed E-state index contributed by atoms with van der Waals surface area (Å²) in [7, 11) is 0. The second kappa shape index (κ2) is 21.2. The van der Waals surface area contributed by atoms with E-state index in [2.05, 4.69) is 54.5 Å². The average Bonchev–Trinajstić information content (AvgIpc) is 3.56. The Bertz CT molecular complexity index is 2150. The smallest absolute Gasteiger partial charge is 0.335 e. The molecule has 30 atom stereocenters. The van der Waals surface area contributed by atoms with E-state index in [-0.39, 0.29) is 29.1 Å². The molecule has 4 saturated carbocycles. The number of aliphatic carboxylic acids is 1. The molecule has 0 spiro atoms. The number of fused-ring (bicyclic) bond motifs is 7. The van der Waals surface area contributed by atoms with Gasteiger partial charge in [-0.05, 0) is 110 Å². The number of carbonyl (C=O) groups is 1. The van der Waals surface area contributed by atoms with Gasteiger partial charge in [-0.3, -0.25) is 0 Å². The molecule has 4 aliphatic heterocycles. The molecule has 23 nitrogen and oxygen atoms in total. The van der Waals surface area contributed by atoms with Crippen LogP contribution in [0.5, 0.6) is 0 Å². The van der Waals surface area contributed by atoms with Crippen molar-refractivity contribution < 1.29 is 114 Å². The highest BCUT2D eigenvalue weighted by atomic mass is 16.8. The van der Waals surface area contributed by atoms with E-state index in [9.17, 15) is 76.3 Å². The first-order valence-corrected chi connectivity index (χ1v) is 27.7. The third-order valence-electron chi connectivity index (χ3n) is 21.5. The van der Waals surface area contributed by atoms with Crippen LogP contribution in [0, 0.1) is 50.2 Å². The summed E-state index contributed by atoms with van der Waals surface area (Å²) in [4.78, 5) is 12.5. The van der Waals surface area contributed by atoms with E-state index in [0.29, 0.717) is 32.1 Å². The molecular formula is C54H88O23. The van der Waals surface area contributed by atoms with E-state index < -0.39 is 188 Å². The lowest BCUT2D eigenvalue weighted by molar-refractivity contribution is -0.370. The molecule has 0 aromatic heterocycles. The van der Waals surface area contributed by atoms with Crippen LogP contribution in [0.1, 0.15) is 114 Å². The van der Waals surface area contributed by atoms with Crippen molar-refractivity contribution in [1.29, 1.82) is 0 Å². The van der Waals surface area contributed by atoms with Gasteiger partial charge in [0.25, 0.3) is 0 Å². The highest BCUT2D eigenvalue weighted by Gasteiger charge is 2.72. The molecule has 0 bridgehead atoms. The van der Waals surface area contributed by atoms with E-state index in [4.69, 9.17) is 37.9 Å². The second-order valence-electron chi connectivity index (χ2n) is 26.5. The zero-order valence-electron chi connectivity index (χ0n) is 45.6. The lowest BCUT2D eigenvalue weighted by Gasteiger charge is -2.72. The highest BCUT2D eigenvalue weighted by molar-refractivity contribution is 5.73. The third-order valence-corrected chi connectivity index (χ3v) is 21.5. The summed E-state index contributed by atoms with van der Waals surface area (Å²) in [5.41, 5.74) is -2.47. The fourth-order valence-electron chi connectivity index (χ4n) is 16.8. The minimum absolute atomic E-state index is 0.0315. The number of ether oxygens (including phenoxy) is 8. The summed E-state index contributed by atoms with van der Waals surface area (Å²) in [5.74, 6) is -1.83. The molecular weight excluding hydrogens is 1020 g/mol. The molecule has 4 heterocycles. The number of hydrogen-bond acceptors (Lipinski definition) is 22. The predicted molar refractivity (Wildman–Crippen MR) is 263 cm³/mol. The zero-order valence-corrected chi connectivity index (χ0v) is 45.6. The Balaban J connectivity index is 0.942. The molecule has 0 radical (unpaired) electrons. The second-order valence-corrected chi connectivity index (χ2v) is 26.5. The van der Waals surface area contributed by atoms with Crippen molar-refractivity contribution in [3.05, 3.63) is 11.6 Å². The minimum Gasteiger partial charge on any atom is -0.479 e. The molecule has 4 saturated heterocycles.